The van der Waals surface area contributed by atoms with Crippen LogP contribution in [0.2, 0.25) is 0 Å². The summed E-state index contributed by atoms with van der Waals surface area (Å²) in [6.45, 7) is 0.0456. The van der Waals surface area contributed by atoms with E-state index in [4.69, 9.17) is 10.3 Å². The topological polar surface area (TPSA) is 52.8 Å². The predicted octanol–water partition coefficient (Wildman–Crippen LogP) is 1.05. The van der Waals surface area contributed by atoms with E-state index in [0.29, 0.717) is 0 Å². The summed E-state index contributed by atoms with van der Waals surface area (Å²) in [6, 6.07) is 3.58. The Morgan fingerprint density at radius 1 is 1.60 bits per heavy atom. The molecule has 0 aliphatic heterocycles. The van der Waals surface area contributed by atoms with E-state index in [2.05, 4.69) is 5.16 Å². The number of rotatable bonds is 2. The van der Waals surface area contributed by atoms with Crippen LogP contribution in [0.3, 0.4) is 0 Å². The van der Waals surface area contributed by atoms with Gasteiger partial charge in [-0.15, -0.1) is 11.3 Å². The minimum Gasteiger partial charge on any atom is -0.411 e. The fraction of sp³-hybridized carbons (Fsp3) is 0.167. The van der Waals surface area contributed by atoms with E-state index in [1.165, 1.54) is 17.6 Å². The van der Waals surface area contributed by atoms with Gasteiger partial charge in [-0.1, -0.05) is 5.16 Å². The molecule has 0 amide bonds. The van der Waals surface area contributed by atoms with E-state index in [-0.39, 0.29) is 6.61 Å². The molecule has 0 radical (unpaired) electrons. The van der Waals surface area contributed by atoms with Gasteiger partial charge in [0, 0.05) is 9.75 Å². The molecule has 0 atom stereocenters. The lowest BCUT2D eigenvalue weighted by atomic mass is 10.4. The molecule has 1 rings (SSSR count). The van der Waals surface area contributed by atoms with Gasteiger partial charge >= 0.3 is 0 Å². The third-order valence-electron chi connectivity index (χ3n) is 1.02. The van der Waals surface area contributed by atoms with E-state index in [0.717, 1.165) is 9.75 Å². The SMILES string of the molecule is OCc1ccc(C=NO)s1. The summed E-state index contributed by atoms with van der Waals surface area (Å²) in [5.74, 6) is 0. The highest BCUT2D eigenvalue weighted by Crippen LogP contribution is 2.13. The molecular formula is C6H7NO2S. The summed E-state index contributed by atoms with van der Waals surface area (Å²) in [5.41, 5.74) is 0. The Bertz CT molecular complexity index is 231. The summed E-state index contributed by atoms with van der Waals surface area (Å²) in [5, 5.41) is 19.6. The number of oxime groups is 1. The molecular weight excluding hydrogens is 150 g/mol. The van der Waals surface area contributed by atoms with Gasteiger partial charge in [-0.05, 0) is 12.1 Å². The van der Waals surface area contributed by atoms with Gasteiger partial charge in [0.15, 0.2) is 0 Å². The molecule has 2 N–H and O–H groups in total. The van der Waals surface area contributed by atoms with Crippen molar-refractivity contribution in [3.05, 3.63) is 21.9 Å². The molecule has 1 heterocycles. The molecule has 0 bridgehead atoms. The van der Waals surface area contributed by atoms with Crippen LogP contribution in [-0.4, -0.2) is 16.5 Å². The van der Waals surface area contributed by atoms with Crippen molar-refractivity contribution < 1.29 is 10.3 Å². The number of nitrogens with zero attached hydrogens (tertiary/aromatic N) is 1. The molecule has 4 heteroatoms. The van der Waals surface area contributed by atoms with E-state index < -0.39 is 0 Å². The zero-order chi connectivity index (χ0) is 7.40. The lowest BCUT2D eigenvalue weighted by Crippen LogP contribution is -1.71. The Morgan fingerprint density at radius 3 is 2.90 bits per heavy atom. The quantitative estimate of drug-likeness (QED) is 0.383. The minimum absolute atomic E-state index is 0.0456. The molecule has 1 aromatic heterocycles. The first-order valence-electron chi connectivity index (χ1n) is 2.74. The van der Waals surface area contributed by atoms with Crippen molar-refractivity contribution in [1.82, 2.24) is 0 Å². The van der Waals surface area contributed by atoms with Crippen LogP contribution in [0.5, 0.6) is 0 Å². The van der Waals surface area contributed by atoms with E-state index >= 15 is 0 Å². The maximum absolute atomic E-state index is 8.62. The molecule has 0 unspecified atom stereocenters. The highest BCUT2D eigenvalue weighted by Gasteiger charge is 1.94. The number of hydrogen-bond acceptors (Lipinski definition) is 4. The van der Waals surface area contributed by atoms with Crippen LogP contribution in [0.4, 0.5) is 0 Å². The van der Waals surface area contributed by atoms with Crippen LogP contribution in [0.25, 0.3) is 0 Å². The van der Waals surface area contributed by atoms with Gasteiger partial charge in [-0.3, -0.25) is 0 Å². The van der Waals surface area contributed by atoms with Crippen molar-refractivity contribution in [2.24, 2.45) is 5.16 Å². The fourth-order valence-electron chi connectivity index (χ4n) is 0.606. The normalized spacial score (nSPS) is 10.9. The highest BCUT2D eigenvalue weighted by molar-refractivity contribution is 7.13. The zero-order valence-corrected chi connectivity index (χ0v) is 6.01. The van der Waals surface area contributed by atoms with Gasteiger partial charge in [0.1, 0.15) is 0 Å². The van der Waals surface area contributed by atoms with Crippen LogP contribution >= 0.6 is 11.3 Å². The summed E-state index contributed by atoms with van der Waals surface area (Å²) in [6.07, 6.45) is 1.34. The average Bonchev–Trinajstić information content (AvgIpc) is 2.37. The molecule has 54 valence electrons. The van der Waals surface area contributed by atoms with Gasteiger partial charge in [0.25, 0.3) is 0 Å². The largest absolute Gasteiger partial charge is 0.411 e. The van der Waals surface area contributed by atoms with Gasteiger partial charge in [0.05, 0.1) is 12.8 Å². The molecule has 0 aliphatic carbocycles. The second-order valence-electron chi connectivity index (χ2n) is 1.71. The molecule has 3 nitrogen and oxygen atoms in total. The molecule has 0 spiro atoms. The van der Waals surface area contributed by atoms with Crippen molar-refractivity contribution >= 4 is 17.6 Å². The summed E-state index contributed by atoms with van der Waals surface area (Å²) < 4.78 is 0. The van der Waals surface area contributed by atoms with Gasteiger partial charge < -0.3 is 10.3 Å². The zero-order valence-electron chi connectivity index (χ0n) is 5.19. The standard InChI is InChI=1S/C6H7NO2S/c8-4-6-2-1-5(10-6)3-7-9/h1-3,8-9H,4H2. The lowest BCUT2D eigenvalue weighted by Gasteiger charge is -1.81. The molecule has 0 aliphatic rings. The van der Waals surface area contributed by atoms with E-state index in [9.17, 15) is 0 Å². The first-order valence-corrected chi connectivity index (χ1v) is 3.55. The molecule has 0 fully saturated rings. The van der Waals surface area contributed by atoms with Crippen LogP contribution in [0.15, 0.2) is 17.3 Å². The minimum atomic E-state index is 0.0456. The predicted molar refractivity (Wildman–Crippen MR) is 39.6 cm³/mol. The smallest absolute Gasteiger partial charge is 0.0833 e. The summed E-state index contributed by atoms with van der Waals surface area (Å²) in [7, 11) is 0. The van der Waals surface area contributed by atoms with E-state index in [1.807, 2.05) is 0 Å². The number of aliphatic hydroxyl groups is 1. The van der Waals surface area contributed by atoms with Gasteiger partial charge in [-0.2, -0.15) is 0 Å². The average molecular weight is 157 g/mol. The highest BCUT2D eigenvalue weighted by atomic mass is 32.1. The Balaban J connectivity index is 2.78. The van der Waals surface area contributed by atoms with Crippen LogP contribution < -0.4 is 0 Å². The van der Waals surface area contributed by atoms with Crippen molar-refractivity contribution in [3.63, 3.8) is 0 Å². The third-order valence-corrected chi connectivity index (χ3v) is 2.03. The maximum Gasteiger partial charge on any atom is 0.0833 e. The summed E-state index contributed by atoms with van der Waals surface area (Å²) >= 11 is 1.40. The second-order valence-corrected chi connectivity index (χ2v) is 2.91. The van der Waals surface area contributed by atoms with Gasteiger partial charge in [-0.25, -0.2) is 0 Å². The summed E-state index contributed by atoms with van der Waals surface area (Å²) in [4.78, 5) is 1.71. The van der Waals surface area contributed by atoms with Crippen molar-refractivity contribution in [2.75, 3.05) is 0 Å². The number of thiophene rings is 1. The van der Waals surface area contributed by atoms with Crippen LogP contribution in [-0.2, 0) is 6.61 Å². The Kier molecular flexibility index (Phi) is 2.42. The van der Waals surface area contributed by atoms with Crippen LogP contribution in [0.1, 0.15) is 9.75 Å². The molecule has 1 aromatic rings. The number of hydrogen-bond donors (Lipinski definition) is 2. The van der Waals surface area contributed by atoms with Crippen LogP contribution in [0, 0.1) is 0 Å². The molecule has 0 saturated carbocycles. The Hall–Kier alpha value is -0.870. The maximum atomic E-state index is 8.62. The lowest BCUT2D eigenvalue weighted by molar-refractivity contribution is 0.285. The fourth-order valence-corrected chi connectivity index (χ4v) is 1.35. The monoisotopic (exact) mass is 157 g/mol. The molecule has 0 aromatic carbocycles. The van der Waals surface area contributed by atoms with Crippen molar-refractivity contribution in [2.45, 2.75) is 6.61 Å². The first-order chi connectivity index (χ1) is 4.86. The first kappa shape index (κ1) is 7.24. The second kappa shape index (κ2) is 3.34. The number of aliphatic hydroxyl groups excluding tert-OH is 1. The van der Waals surface area contributed by atoms with E-state index in [1.54, 1.807) is 12.1 Å². The molecule has 10 heavy (non-hydrogen) atoms. The van der Waals surface area contributed by atoms with Gasteiger partial charge in [0.2, 0.25) is 0 Å². The third kappa shape index (κ3) is 1.55. The Morgan fingerprint density at radius 2 is 2.40 bits per heavy atom. The van der Waals surface area contributed by atoms with Crippen molar-refractivity contribution in [3.8, 4) is 0 Å². The molecule has 0 saturated heterocycles. The van der Waals surface area contributed by atoms with Crippen molar-refractivity contribution in [1.29, 1.82) is 0 Å². The Labute approximate surface area is 62.2 Å².